The highest BCUT2D eigenvalue weighted by Gasteiger charge is 2.11. The van der Waals surface area contributed by atoms with Gasteiger partial charge in [-0.3, -0.25) is 0 Å². The van der Waals surface area contributed by atoms with Crippen LogP contribution in [0.4, 0.5) is 0 Å². The van der Waals surface area contributed by atoms with Gasteiger partial charge in [-0.15, -0.1) is 6.58 Å². The number of rotatable bonds is 6. The molecule has 0 aliphatic rings. The Labute approximate surface area is 120 Å². The second-order valence-corrected chi connectivity index (χ2v) is 5.08. The number of nitrogens with two attached hydrogens (primary N) is 1. The van der Waals surface area contributed by atoms with Crippen LogP contribution in [0.2, 0.25) is 0 Å². The average molecular weight is 267 g/mol. The van der Waals surface area contributed by atoms with E-state index in [4.69, 9.17) is 10.5 Å². The lowest BCUT2D eigenvalue weighted by Crippen LogP contribution is -2.12. The summed E-state index contributed by atoms with van der Waals surface area (Å²) in [6.07, 6.45) is 0.770. The van der Waals surface area contributed by atoms with Gasteiger partial charge in [-0.1, -0.05) is 54.1 Å². The highest BCUT2D eigenvalue weighted by molar-refractivity contribution is 5.36. The highest BCUT2D eigenvalue weighted by Crippen LogP contribution is 2.27. The Morgan fingerprint density at radius 1 is 1.10 bits per heavy atom. The molecule has 0 saturated carbocycles. The van der Waals surface area contributed by atoms with Crippen LogP contribution in [0.5, 0.6) is 5.75 Å². The molecule has 0 heterocycles. The Kier molecular flexibility index (Phi) is 4.97. The fourth-order valence-electron chi connectivity index (χ4n) is 2.14. The van der Waals surface area contributed by atoms with E-state index in [9.17, 15) is 0 Å². The summed E-state index contributed by atoms with van der Waals surface area (Å²) >= 11 is 0. The third-order valence-electron chi connectivity index (χ3n) is 3.12. The van der Waals surface area contributed by atoms with Crippen molar-refractivity contribution in [2.45, 2.75) is 26.0 Å². The molecule has 2 heteroatoms. The maximum Gasteiger partial charge on any atom is 0.124 e. The molecule has 0 aromatic heterocycles. The predicted molar refractivity (Wildman–Crippen MR) is 83.6 cm³/mol. The van der Waals surface area contributed by atoms with E-state index in [-0.39, 0.29) is 6.04 Å². The fourth-order valence-corrected chi connectivity index (χ4v) is 2.14. The van der Waals surface area contributed by atoms with Crippen molar-refractivity contribution in [2.75, 3.05) is 0 Å². The third-order valence-corrected chi connectivity index (χ3v) is 3.12. The Morgan fingerprint density at radius 3 is 2.45 bits per heavy atom. The van der Waals surface area contributed by atoms with Gasteiger partial charge < -0.3 is 10.5 Å². The molecule has 0 radical (unpaired) electrons. The van der Waals surface area contributed by atoms with Crippen molar-refractivity contribution in [3.63, 3.8) is 0 Å². The van der Waals surface area contributed by atoms with Gasteiger partial charge in [-0.05, 0) is 25.0 Å². The standard InChI is InChI=1S/C18H21NO/c1-14(2)12-17(19)16-10-6-7-11-18(16)20-13-15-8-4-3-5-9-15/h3-11,17H,1,12-13,19H2,2H3/t17-/m1/s1. The molecule has 20 heavy (non-hydrogen) atoms. The Hall–Kier alpha value is -2.06. The largest absolute Gasteiger partial charge is 0.489 e. The number of hydrogen-bond donors (Lipinski definition) is 1. The first kappa shape index (κ1) is 14.4. The van der Waals surface area contributed by atoms with Gasteiger partial charge in [0.1, 0.15) is 12.4 Å². The molecule has 1 atom stereocenters. The van der Waals surface area contributed by atoms with Crippen LogP contribution in [0.25, 0.3) is 0 Å². The van der Waals surface area contributed by atoms with Crippen molar-refractivity contribution in [3.8, 4) is 5.75 Å². The zero-order valence-electron chi connectivity index (χ0n) is 11.9. The van der Waals surface area contributed by atoms with E-state index < -0.39 is 0 Å². The number of benzene rings is 2. The molecule has 104 valence electrons. The molecule has 0 bridgehead atoms. The Balaban J connectivity index is 2.09. The summed E-state index contributed by atoms with van der Waals surface area (Å²) in [5, 5.41) is 0. The van der Waals surface area contributed by atoms with Gasteiger partial charge in [0.05, 0.1) is 0 Å². The van der Waals surface area contributed by atoms with E-state index in [0.29, 0.717) is 6.61 Å². The van der Waals surface area contributed by atoms with Gasteiger partial charge in [0.2, 0.25) is 0 Å². The van der Waals surface area contributed by atoms with Crippen LogP contribution < -0.4 is 10.5 Å². The first-order chi connectivity index (χ1) is 9.66. The molecule has 0 unspecified atom stereocenters. The van der Waals surface area contributed by atoms with Crippen LogP contribution >= 0.6 is 0 Å². The molecule has 2 aromatic carbocycles. The molecule has 0 amide bonds. The van der Waals surface area contributed by atoms with Crippen molar-refractivity contribution in [1.29, 1.82) is 0 Å². The maximum absolute atomic E-state index is 6.22. The molecular formula is C18H21NO. The average Bonchev–Trinajstić information content (AvgIpc) is 2.46. The lowest BCUT2D eigenvalue weighted by Gasteiger charge is -2.17. The normalized spacial score (nSPS) is 11.9. The van der Waals surface area contributed by atoms with Gasteiger partial charge >= 0.3 is 0 Å². The summed E-state index contributed by atoms with van der Waals surface area (Å²) in [5.74, 6) is 0.852. The summed E-state index contributed by atoms with van der Waals surface area (Å²) in [5.41, 5.74) is 9.49. The van der Waals surface area contributed by atoms with Gasteiger partial charge in [0.15, 0.2) is 0 Å². The molecule has 0 spiro atoms. The summed E-state index contributed by atoms with van der Waals surface area (Å²) < 4.78 is 5.92. The Bertz CT molecular complexity index is 563. The van der Waals surface area contributed by atoms with E-state index in [2.05, 4.69) is 18.7 Å². The van der Waals surface area contributed by atoms with Crippen LogP contribution in [-0.2, 0) is 6.61 Å². The highest BCUT2D eigenvalue weighted by atomic mass is 16.5. The maximum atomic E-state index is 6.22. The molecule has 2 aromatic rings. The van der Waals surface area contributed by atoms with Crippen LogP contribution in [0.3, 0.4) is 0 Å². The van der Waals surface area contributed by atoms with Crippen molar-refractivity contribution < 1.29 is 4.74 Å². The first-order valence-corrected chi connectivity index (χ1v) is 6.82. The van der Waals surface area contributed by atoms with Crippen molar-refractivity contribution in [2.24, 2.45) is 5.73 Å². The Morgan fingerprint density at radius 2 is 1.75 bits per heavy atom. The first-order valence-electron chi connectivity index (χ1n) is 6.82. The zero-order chi connectivity index (χ0) is 14.4. The molecule has 0 aliphatic carbocycles. The lowest BCUT2D eigenvalue weighted by molar-refractivity contribution is 0.301. The molecule has 0 saturated heterocycles. The number of ether oxygens (including phenoxy) is 1. The van der Waals surface area contributed by atoms with E-state index in [1.54, 1.807) is 0 Å². The van der Waals surface area contributed by atoms with Crippen LogP contribution in [0.1, 0.15) is 30.5 Å². The topological polar surface area (TPSA) is 35.2 Å². The number of para-hydroxylation sites is 1. The van der Waals surface area contributed by atoms with Crippen LogP contribution in [0, 0.1) is 0 Å². The van der Waals surface area contributed by atoms with E-state index >= 15 is 0 Å². The minimum absolute atomic E-state index is 0.0699. The quantitative estimate of drug-likeness (QED) is 0.795. The number of hydrogen-bond acceptors (Lipinski definition) is 2. The molecule has 0 aliphatic heterocycles. The second-order valence-electron chi connectivity index (χ2n) is 5.08. The van der Waals surface area contributed by atoms with Crippen LogP contribution in [0.15, 0.2) is 66.7 Å². The minimum Gasteiger partial charge on any atom is -0.489 e. The summed E-state index contributed by atoms with van der Waals surface area (Å²) in [6, 6.07) is 18.0. The minimum atomic E-state index is -0.0699. The molecule has 2 rings (SSSR count). The zero-order valence-corrected chi connectivity index (χ0v) is 11.9. The van der Waals surface area contributed by atoms with Crippen molar-refractivity contribution in [3.05, 3.63) is 77.9 Å². The lowest BCUT2D eigenvalue weighted by atomic mass is 10.0. The van der Waals surface area contributed by atoms with Gasteiger partial charge in [0.25, 0.3) is 0 Å². The monoisotopic (exact) mass is 267 g/mol. The fraction of sp³-hybridized carbons (Fsp3) is 0.222. The van der Waals surface area contributed by atoms with E-state index in [0.717, 1.165) is 28.9 Å². The summed E-state index contributed by atoms with van der Waals surface area (Å²) in [7, 11) is 0. The van der Waals surface area contributed by atoms with E-state index in [1.165, 1.54) is 0 Å². The van der Waals surface area contributed by atoms with E-state index in [1.807, 2.05) is 49.4 Å². The third kappa shape index (κ3) is 3.97. The smallest absolute Gasteiger partial charge is 0.124 e. The molecule has 0 fully saturated rings. The predicted octanol–water partition coefficient (Wildman–Crippen LogP) is 4.23. The SMILES string of the molecule is C=C(C)C[C@@H](N)c1ccccc1OCc1ccccc1. The second kappa shape index (κ2) is 6.92. The molecule has 2 N–H and O–H groups in total. The van der Waals surface area contributed by atoms with Gasteiger partial charge in [0, 0.05) is 11.6 Å². The van der Waals surface area contributed by atoms with Crippen molar-refractivity contribution in [1.82, 2.24) is 0 Å². The summed E-state index contributed by atoms with van der Waals surface area (Å²) in [4.78, 5) is 0. The molecule has 2 nitrogen and oxygen atoms in total. The van der Waals surface area contributed by atoms with Crippen molar-refractivity contribution >= 4 is 0 Å². The van der Waals surface area contributed by atoms with Crippen LogP contribution in [-0.4, -0.2) is 0 Å². The molecular weight excluding hydrogens is 246 g/mol. The van der Waals surface area contributed by atoms with Gasteiger partial charge in [-0.25, -0.2) is 0 Å². The van der Waals surface area contributed by atoms with Gasteiger partial charge in [-0.2, -0.15) is 0 Å². The summed E-state index contributed by atoms with van der Waals surface area (Å²) in [6.45, 7) is 6.47.